The molecule has 0 saturated carbocycles. The average Bonchev–Trinajstić information content (AvgIpc) is 2.08. The molecule has 0 aliphatic heterocycles. The third kappa shape index (κ3) is 1.90. The zero-order valence-electron chi connectivity index (χ0n) is 7.23. The molecule has 1 aromatic rings. The van der Waals surface area contributed by atoms with Crippen LogP contribution in [0.2, 0.25) is 0 Å². The van der Waals surface area contributed by atoms with Crippen LogP contribution in [-0.4, -0.2) is 7.11 Å². The molecule has 0 unspecified atom stereocenters. The minimum Gasteiger partial charge on any atom is -0.496 e. The van der Waals surface area contributed by atoms with E-state index in [0.29, 0.717) is 6.54 Å². The maximum absolute atomic E-state index is 5.58. The zero-order chi connectivity index (χ0) is 9.14. The minimum atomic E-state index is 0.568. The van der Waals surface area contributed by atoms with Crippen molar-refractivity contribution >= 4 is 22.6 Å². The molecule has 2 N–H and O–H groups in total. The summed E-state index contributed by atoms with van der Waals surface area (Å²) in [4.78, 5) is 0. The standard InChI is InChI=1S/C9H12INO/c1-6-7(5-11)3-8(10)4-9(6)12-2/h3-4H,5,11H2,1-2H3. The van der Waals surface area contributed by atoms with Crippen LogP contribution in [0, 0.1) is 10.5 Å². The Morgan fingerprint density at radius 1 is 1.50 bits per heavy atom. The Bertz CT molecular complexity index is 261. The first kappa shape index (κ1) is 9.80. The van der Waals surface area contributed by atoms with Crippen molar-refractivity contribution in [1.29, 1.82) is 0 Å². The molecule has 0 amide bonds. The van der Waals surface area contributed by atoms with E-state index in [0.717, 1.165) is 20.4 Å². The molecule has 0 aliphatic carbocycles. The molecule has 0 aliphatic rings. The fourth-order valence-electron chi connectivity index (χ4n) is 1.13. The van der Waals surface area contributed by atoms with Gasteiger partial charge in [-0.2, -0.15) is 0 Å². The lowest BCUT2D eigenvalue weighted by molar-refractivity contribution is 0.410. The molecular formula is C9H12INO. The van der Waals surface area contributed by atoms with Crippen LogP contribution in [0.3, 0.4) is 0 Å². The SMILES string of the molecule is COc1cc(I)cc(CN)c1C. The van der Waals surface area contributed by atoms with Gasteiger partial charge in [0.25, 0.3) is 0 Å². The van der Waals surface area contributed by atoms with Crippen molar-refractivity contribution in [2.45, 2.75) is 13.5 Å². The maximum atomic E-state index is 5.58. The Kier molecular flexibility index (Phi) is 3.34. The molecule has 1 rings (SSSR count). The van der Waals surface area contributed by atoms with E-state index in [-0.39, 0.29) is 0 Å². The van der Waals surface area contributed by atoms with Gasteiger partial charge < -0.3 is 10.5 Å². The molecule has 0 heterocycles. The van der Waals surface area contributed by atoms with Gasteiger partial charge in [0.2, 0.25) is 0 Å². The van der Waals surface area contributed by atoms with E-state index in [1.165, 1.54) is 0 Å². The van der Waals surface area contributed by atoms with Crippen molar-refractivity contribution in [3.8, 4) is 5.75 Å². The Morgan fingerprint density at radius 2 is 2.17 bits per heavy atom. The summed E-state index contributed by atoms with van der Waals surface area (Å²) < 4.78 is 6.37. The van der Waals surface area contributed by atoms with Gasteiger partial charge >= 0.3 is 0 Å². The van der Waals surface area contributed by atoms with Crippen molar-refractivity contribution in [2.75, 3.05) is 7.11 Å². The number of hydrogen-bond donors (Lipinski definition) is 1. The van der Waals surface area contributed by atoms with Gasteiger partial charge in [0.1, 0.15) is 5.75 Å². The summed E-state index contributed by atoms with van der Waals surface area (Å²) in [6.07, 6.45) is 0. The molecule has 0 bridgehead atoms. The molecule has 2 nitrogen and oxygen atoms in total. The van der Waals surface area contributed by atoms with Gasteiger partial charge in [0, 0.05) is 10.1 Å². The lowest BCUT2D eigenvalue weighted by Gasteiger charge is -2.09. The van der Waals surface area contributed by atoms with Gasteiger partial charge in [-0.25, -0.2) is 0 Å². The molecular weight excluding hydrogens is 265 g/mol. The van der Waals surface area contributed by atoms with Crippen LogP contribution in [-0.2, 0) is 6.54 Å². The molecule has 0 atom stereocenters. The Morgan fingerprint density at radius 3 is 2.67 bits per heavy atom. The number of ether oxygens (including phenoxy) is 1. The summed E-state index contributed by atoms with van der Waals surface area (Å²) in [6, 6.07) is 4.09. The van der Waals surface area contributed by atoms with E-state index in [9.17, 15) is 0 Å². The van der Waals surface area contributed by atoms with Gasteiger partial charge in [-0.15, -0.1) is 0 Å². The molecule has 1 aromatic carbocycles. The Hall–Kier alpha value is -0.290. The number of hydrogen-bond acceptors (Lipinski definition) is 2. The monoisotopic (exact) mass is 277 g/mol. The third-order valence-corrected chi connectivity index (χ3v) is 2.50. The average molecular weight is 277 g/mol. The highest BCUT2D eigenvalue weighted by atomic mass is 127. The summed E-state index contributed by atoms with van der Waals surface area (Å²) in [6.45, 7) is 2.59. The molecule has 0 spiro atoms. The maximum Gasteiger partial charge on any atom is 0.123 e. The largest absolute Gasteiger partial charge is 0.496 e. The Labute approximate surface area is 86.2 Å². The van der Waals surface area contributed by atoms with Crippen LogP contribution < -0.4 is 10.5 Å². The third-order valence-electron chi connectivity index (χ3n) is 1.87. The lowest BCUT2D eigenvalue weighted by Crippen LogP contribution is -2.01. The minimum absolute atomic E-state index is 0.568. The van der Waals surface area contributed by atoms with Crippen LogP contribution in [0.25, 0.3) is 0 Å². The van der Waals surface area contributed by atoms with Crippen molar-refractivity contribution in [3.63, 3.8) is 0 Å². The number of halogens is 1. The molecule has 0 saturated heterocycles. The quantitative estimate of drug-likeness (QED) is 0.840. The first-order valence-electron chi connectivity index (χ1n) is 3.72. The first-order chi connectivity index (χ1) is 5.69. The van der Waals surface area contributed by atoms with Crippen LogP contribution in [0.15, 0.2) is 12.1 Å². The number of methoxy groups -OCH3 is 1. The molecule has 66 valence electrons. The highest BCUT2D eigenvalue weighted by molar-refractivity contribution is 14.1. The molecule has 0 aromatic heterocycles. The smallest absolute Gasteiger partial charge is 0.123 e. The lowest BCUT2D eigenvalue weighted by atomic mass is 10.1. The summed E-state index contributed by atoms with van der Waals surface area (Å²) in [5, 5.41) is 0. The highest BCUT2D eigenvalue weighted by Gasteiger charge is 2.04. The van der Waals surface area contributed by atoms with E-state index >= 15 is 0 Å². The highest BCUT2D eigenvalue weighted by Crippen LogP contribution is 2.24. The van der Waals surface area contributed by atoms with Gasteiger partial charge in [-0.05, 0) is 52.8 Å². The Balaban J connectivity index is 3.22. The second-order valence-electron chi connectivity index (χ2n) is 2.60. The molecule has 0 radical (unpaired) electrons. The van der Waals surface area contributed by atoms with E-state index < -0.39 is 0 Å². The second-order valence-corrected chi connectivity index (χ2v) is 3.84. The first-order valence-corrected chi connectivity index (χ1v) is 4.80. The van der Waals surface area contributed by atoms with Gasteiger partial charge in [-0.1, -0.05) is 0 Å². The molecule has 12 heavy (non-hydrogen) atoms. The predicted octanol–water partition coefficient (Wildman–Crippen LogP) is 2.07. The van der Waals surface area contributed by atoms with Gasteiger partial charge in [0.15, 0.2) is 0 Å². The van der Waals surface area contributed by atoms with Crippen LogP contribution in [0.5, 0.6) is 5.75 Å². The van der Waals surface area contributed by atoms with E-state index in [4.69, 9.17) is 10.5 Å². The van der Waals surface area contributed by atoms with Crippen LogP contribution in [0.4, 0.5) is 0 Å². The second kappa shape index (κ2) is 4.09. The normalized spacial score (nSPS) is 10.0. The summed E-state index contributed by atoms with van der Waals surface area (Å²) in [5.74, 6) is 0.919. The zero-order valence-corrected chi connectivity index (χ0v) is 9.38. The summed E-state index contributed by atoms with van der Waals surface area (Å²) in [5.41, 5.74) is 7.88. The van der Waals surface area contributed by atoms with Crippen LogP contribution in [0.1, 0.15) is 11.1 Å². The van der Waals surface area contributed by atoms with E-state index in [1.807, 2.05) is 13.0 Å². The topological polar surface area (TPSA) is 35.2 Å². The fraction of sp³-hybridized carbons (Fsp3) is 0.333. The number of nitrogens with two attached hydrogens (primary N) is 1. The predicted molar refractivity (Wildman–Crippen MR) is 58.3 cm³/mol. The van der Waals surface area contributed by atoms with Gasteiger partial charge in [-0.3, -0.25) is 0 Å². The fourth-order valence-corrected chi connectivity index (χ4v) is 1.79. The van der Waals surface area contributed by atoms with Crippen molar-refractivity contribution < 1.29 is 4.74 Å². The van der Waals surface area contributed by atoms with Crippen molar-refractivity contribution in [3.05, 3.63) is 26.8 Å². The number of rotatable bonds is 2. The summed E-state index contributed by atoms with van der Waals surface area (Å²) >= 11 is 2.26. The van der Waals surface area contributed by atoms with E-state index in [1.54, 1.807) is 7.11 Å². The number of benzene rings is 1. The molecule has 3 heteroatoms. The van der Waals surface area contributed by atoms with Crippen molar-refractivity contribution in [2.24, 2.45) is 5.73 Å². The summed E-state index contributed by atoms with van der Waals surface area (Å²) in [7, 11) is 1.68. The van der Waals surface area contributed by atoms with Gasteiger partial charge in [0.05, 0.1) is 7.11 Å². The van der Waals surface area contributed by atoms with E-state index in [2.05, 4.69) is 28.7 Å². The molecule has 0 fully saturated rings. The van der Waals surface area contributed by atoms with Crippen LogP contribution >= 0.6 is 22.6 Å². The van der Waals surface area contributed by atoms with Crippen molar-refractivity contribution in [1.82, 2.24) is 0 Å².